The molecule has 2 aliphatic rings. The van der Waals surface area contributed by atoms with E-state index in [4.69, 9.17) is 23.4 Å². The minimum atomic E-state index is -2.17. The van der Waals surface area contributed by atoms with Gasteiger partial charge in [-0.05, 0) is 18.2 Å². The van der Waals surface area contributed by atoms with Crippen LogP contribution in [0.4, 0.5) is 0 Å². The van der Waals surface area contributed by atoms with Crippen molar-refractivity contribution in [2.75, 3.05) is 0 Å². The summed E-state index contributed by atoms with van der Waals surface area (Å²) in [4.78, 5) is 36.0. The van der Waals surface area contributed by atoms with Crippen LogP contribution >= 0.6 is 0 Å². The van der Waals surface area contributed by atoms with E-state index in [1.165, 1.54) is 6.07 Å². The number of benzene rings is 2. The summed E-state index contributed by atoms with van der Waals surface area (Å²) in [6, 6.07) is 6.51. The molecule has 0 aliphatic carbocycles. The van der Waals surface area contributed by atoms with Crippen molar-refractivity contribution in [3.63, 3.8) is 0 Å². The molecular formula is C27H26O18. The number of aliphatic carboxylic acids is 2. The minimum Gasteiger partial charge on any atom is -0.507 e. The van der Waals surface area contributed by atoms with Gasteiger partial charge in [-0.3, -0.25) is 4.79 Å². The van der Waals surface area contributed by atoms with E-state index in [1.54, 1.807) is 0 Å². The summed E-state index contributed by atoms with van der Waals surface area (Å²) in [5.74, 6) is -5.65. The van der Waals surface area contributed by atoms with Crippen molar-refractivity contribution in [1.82, 2.24) is 0 Å². The molecule has 0 amide bonds. The summed E-state index contributed by atoms with van der Waals surface area (Å²) in [6.45, 7) is 0. The number of hydrogen-bond donors (Lipinski definition) is 10. The van der Waals surface area contributed by atoms with E-state index in [2.05, 4.69) is 0 Å². The maximum absolute atomic E-state index is 12.8. The average Bonchev–Trinajstić information content (AvgIpc) is 2.97. The normalized spacial score (nSPS) is 31.8. The summed E-state index contributed by atoms with van der Waals surface area (Å²) in [6.07, 6.45) is -21.0. The molecule has 0 unspecified atom stereocenters. The number of aliphatic hydroxyl groups excluding tert-OH is 5. The maximum atomic E-state index is 12.8. The number of carboxylic acids is 2. The molecule has 3 heterocycles. The second-order valence-corrected chi connectivity index (χ2v) is 10.2. The minimum absolute atomic E-state index is 0.115. The van der Waals surface area contributed by atoms with Gasteiger partial charge in [0.1, 0.15) is 58.7 Å². The summed E-state index contributed by atoms with van der Waals surface area (Å²) in [5.41, 5.74) is -0.880. The molecule has 10 N–H and O–H groups in total. The number of carbonyl (C=O) groups is 2. The molecule has 2 aromatic carbocycles. The average molecular weight is 638 g/mol. The van der Waals surface area contributed by atoms with E-state index in [-0.39, 0.29) is 28.0 Å². The lowest BCUT2D eigenvalue weighted by Gasteiger charge is -2.44. The standard InChI is InChI=1S/C27H26O18/c28-9-2-1-7(3-10(9)29)13-6-12(31)15-11(30)4-8(5-14(15)42-13)41-27-23(19(35)18(34)22(44-27)25(39)40)45-26-20(36)16(32)17(33)21(43-26)24(37)38/h1-6,16-23,26-30,32-36H,(H,37,38)(H,39,40)/t16-,17-,18-,19-,20+,21+,22-,23+,26-,27+/m1/s1. The Balaban J connectivity index is 1.51. The number of rotatable bonds is 7. The highest BCUT2D eigenvalue weighted by Crippen LogP contribution is 2.36. The second kappa shape index (κ2) is 12.1. The van der Waals surface area contributed by atoms with Crippen LogP contribution in [-0.2, 0) is 23.8 Å². The second-order valence-electron chi connectivity index (χ2n) is 10.2. The van der Waals surface area contributed by atoms with Crippen molar-refractivity contribution in [1.29, 1.82) is 0 Å². The Bertz CT molecular complexity index is 1670. The van der Waals surface area contributed by atoms with Crippen LogP contribution in [0.2, 0.25) is 0 Å². The highest BCUT2D eigenvalue weighted by atomic mass is 16.8. The molecule has 0 saturated carbocycles. The lowest BCUT2D eigenvalue weighted by molar-refractivity contribution is -0.350. The van der Waals surface area contributed by atoms with Crippen LogP contribution in [0.25, 0.3) is 22.3 Å². The van der Waals surface area contributed by atoms with Gasteiger partial charge in [-0.1, -0.05) is 0 Å². The highest BCUT2D eigenvalue weighted by molar-refractivity contribution is 5.86. The third-order valence-electron chi connectivity index (χ3n) is 7.19. The van der Waals surface area contributed by atoms with Gasteiger partial charge in [-0.2, -0.15) is 0 Å². The van der Waals surface area contributed by atoms with Gasteiger partial charge in [0.25, 0.3) is 0 Å². The maximum Gasteiger partial charge on any atom is 0.335 e. The quantitative estimate of drug-likeness (QED) is 0.122. The summed E-state index contributed by atoms with van der Waals surface area (Å²) in [7, 11) is 0. The van der Waals surface area contributed by atoms with Gasteiger partial charge >= 0.3 is 11.9 Å². The first-order chi connectivity index (χ1) is 21.2. The largest absolute Gasteiger partial charge is 0.507 e. The first-order valence-electron chi connectivity index (χ1n) is 13.0. The van der Waals surface area contributed by atoms with Crippen molar-refractivity contribution in [3.05, 3.63) is 46.6 Å². The van der Waals surface area contributed by atoms with E-state index >= 15 is 0 Å². The molecule has 1 aromatic heterocycles. The molecule has 10 atom stereocenters. The van der Waals surface area contributed by atoms with Crippen molar-refractivity contribution in [2.45, 2.75) is 61.4 Å². The van der Waals surface area contributed by atoms with Crippen LogP contribution < -0.4 is 10.2 Å². The topological polar surface area (TPSA) is 304 Å². The van der Waals surface area contributed by atoms with Gasteiger partial charge in [0.2, 0.25) is 6.29 Å². The number of phenolic OH excluding ortho intramolecular Hbond substituents is 3. The van der Waals surface area contributed by atoms with Crippen LogP contribution in [0.15, 0.2) is 45.6 Å². The van der Waals surface area contributed by atoms with Crippen LogP contribution in [-0.4, -0.2) is 124 Å². The Hall–Kier alpha value is -4.53. The lowest BCUT2D eigenvalue weighted by Crippen LogP contribution is -2.66. The fraction of sp³-hybridized carbons (Fsp3) is 0.370. The van der Waals surface area contributed by atoms with Crippen molar-refractivity contribution >= 4 is 22.9 Å². The summed E-state index contributed by atoms with van der Waals surface area (Å²) in [5, 5.41) is 100. The highest BCUT2D eigenvalue weighted by Gasteiger charge is 2.54. The Kier molecular flexibility index (Phi) is 8.58. The van der Waals surface area contributed by atoms with E-state index in [0.717, 1.165) is 30.3 Å². The third-order valence-corrected chi connectivity index (χ3v) is 7.19. The Morgan fingerprint density at radius 3 is 1.93 bits per heavy atom. The molecule has 2 fully saturated rings. The number of aromatic hydroxyl groups is 3. The Morgan fingerprint density at radius 2 is 1.31 bits per heavy atom. The van der Waals surface area contributed by atoms with Gasteiger partial charge in [-0.25, -0.2) is 9.59 Å². The molecule has 2 saturated heterocycles. The molecular weight excluding hydrogens is 612 g/mol. The number of phenols is 3. The zero-order chi connectivity index (χ0) is 32.9. The molecule has 5 rings (SSSR count). The SMILES string of the molecule is O=C(O)[C@H]1O[C@H](O[C@@H]2[C@@H](Oc3cc(O)c4c(=O)cc(-c5ccc(O)c(O)c5)oc4c3)O[C@@H](C(=O)O)[C@H](O)[C@H]2O)[C@@H](O)[C@H](O)[C@H]1O. The molecule has 18 heteroatoms. The number of fused-ring (bicyclic) bond motifs is 1. The summed E-state index contributed by atoms with van der Waals surface area (Å²) < 4.78 is 27.1. The third kappa shape index (κ3) is 5.95. The Morgan fingerprint density at radius 1 is 0.689 bits per heavy atom. The number of ether oxygens (including phenoxy) is 4. The molecule has 2 aliphatic heterocycles. The van der Waals surface area contributed by atoms with Crippen molar-refractivity contribution < 1.29 is 84.0 Å². The molecule has 45 heavy (non-hydrogen) atoms. The first kappa shape index (κ1) is 31.9. The predicted octanol–water partition coefficient (Wildman–Crippen LogP) is -2.24. The van der Waals surface area contributed by atoms with E-state index in [0.29, 0.717) is 0 Å². The van der Waals surface area contributed by atoms with Gasteiger partial charge in [0.15, 0.2) is 41.5 Å². The molecule has 242 valence electrons. The van der Waals surface area contributed by atoms with Gasteiger partial charge in [-0.15, -0.1) is 0 Å². The van der Waals surface area contributed by atoms with Crippen LogP contribution in [0.3, 0.4) is 0 Å². The number of aliphatic hydroxyl groups is 5. The fourth-order valence-electron chi connectivity index (χ4n) is 4.86. The van der Waals surface area contributed by atoms with Crippen LogP contribution in [0, 0.1) is 0 Å². The molecule has 3 aromatic rings. The fourth-order valence-corrected chi connectivity index (χ4v) is 4.86. The van der Waals surface area contributed by atoms with Crippen LogP contribution in [0.1, 0.15) is 0 Å². The van der Waals surface area contributed by atoms with Gasteiger partial charge in [0.05, 0.1) is 0 Å². The number of hydrogen-bond acceptors (Lipinski definition) is 16. The Labute approximate surface area is 249 Å². The van der Waals surface area contributed by atoms with Gasteiger partial charge < -0.3 is 74.4 Å². The van der Waals surface area contributed by atoms with Gasteiger partial charge in [0, 0.05) is 23.8 Å². The molecule has 0 spiro atoms. The zero-order valence-electron chi connectivity index (χ0n) is 22.5. The smallest absolute Gasteiger partial charge is 0.335 e. The monoisotopic (exact) mass is 638 g/mol. The number of carboxylic acid groups (broad SMARTS) is 2. The first-order valence-corrected chi connectivity index (χ1v) is 13.0. The van der Waals surface area contributed by atoms with E-state index in [9.17, 15) is 65.4 Å². The van der Waals surface area contributed by atoms with Crippen molar-refractivity contribution in [3.8, 4) is 34.3 Å². The molecule has 0 bridgehead atoms. The predicted molar refractivity (Wildman–Crippen MR) is 141 cm³/mol. The van der Waals surface area contributed by atoms with Crippen LogP contribution in [0.5, 0.6) is 23.0 Å². The molecule has 18 nitrogen and oxygen atoms in total. The van der Waals surface area contributed by atoms with E-state index in [1.807, 2.05) is 0 Å². The zero-order valence-corrected chi connectivity index (χ0v) is 22.5. The molecule has 0 radical (unpaired) electrons. The van der Waals surface area contributed by atoms with Crippen molar-refractivity contribution in [2.24, 2.45) is 0 Å². The summed E-state index contributed by atoms with van der Waals surface area (Å²) >= 11 is 0. The van der Waals surface area contributed by atoms with E-state index < -0.39 is 96.0 Å². The lowest BCUT2D eigenvalue weighted by atomic mass is 9.97.